The van der Waals surface area contributed by atoms with E-state index in [-0.39, 0.29) is 5.91 Å². The fraction of sp³-hybridized carbons (Fsp3) is 0.462. The van der Waals surface area contributed by atoms with E-state index in [1.807, 2.05) is 18.2 Å². The maximum atomic E-state index is 12.0. The Hall–Kier alpha value is -1.53. The number of piperidine rings is 1. The Bertz CT molecular complexity index is 577. The van der Waals surface area contributed by atoms with Crippen molar-refractivity contribution in [2.24, 2.45) is 0 Å². The Labute approximate surface area is 115 Å². The molecule has 0 spiro atoms. The number of benzene rings is 1. The van der Waals surface area contributed by atoms with Crippen LogP contribution in [0, 0.1) is 0 Å². The first-order valence-electron chi connectivity index (χ1n) is 6.56. The first-order chi connectivity index (χ1) is 9.33. The van der Waals surface area contributed by atoms with Crippen LogP contribution in [0.1, 0.15) is 19.3 Å². The summed E-state index contributed by atoms with van der Waals surface area (Å²) in [5, 5.41) is 2.94. The highest BCUT2D eigenvalue weighted by molar-refractivity contribution is 7.00. The maximum Gasteiger partial charge on any atom is 0.238 e. The zero-order chi connectivity index (χ0) is 13.1. The van der Waals surface area contributed by atoms with Crippen LogP contribution in [-0.4, -0.2) is 39.2 Å². The lowest BCUT2D eigenvalue weighted by Crippen LogP contribution is -2.36. The predicted octanol–water partition coefficient (Wildman–Crippen LogP) is 2.12. The predicted molar refractivity (Wildman–Crippen MR) is 76.3 cm³/mol. The first-order valence-corrected chi connectivity index (χ1v) is 7.29. The van der Waals surface area contributed by atoms with Crippen LogP contribution >= 0.6 is 11.7 Å². The SMILES string of the molecule is O=C(CN1CCCCC1)Nc1cccc2nsnc12. The third kappa shape index (κ3) is 2.90. The average Bonchev–Trinajstić information content (AvgIpc) is 2.89. The highest BCUT2D eigenvalue weighted by atomic mass is 32.1. The van der Waals surface area contributed by atoms with Crippen molar-refractivity contribution in [3.8, 4) is 0 Å². The van der Waals surface area contributed by atoms with Crippen LogP contribution in [0.3, 0.4) is 0 Å². The van der Waals surface area contributed by atoms with Crippen molar-refractivity contribution in [3.05, 3.63) is 18.2 Å². The molecule has 0 bridgehead atoms. The van der Waals surface area contributed by atoms with Crippen LogP contribution in [0.25, 0.3) is 11.0 Å². The molecule has 2 heterocycles. The number of likely N-dealkylation sites (tertiary alicyclic amines) is 1. The summed E-state index contributed by atoms with van der Waals surface area (Å²) in [6.45, 7) is 2.51. The zero-order valence-corrected chi connectivity index (χ0v) is 11.4. The monoisotopic (exact) mass is 276 g/mol. The van der Waals surface area contributed by atoms with Crippen LogP contribution < -0.4 is 5.32 Å². The Morgan fingerprint density at radius 1 is 1.26 bits per heavy atom. The Morgan fingerprint density at radius 2 is 2.11 bits per heavy atom. The van der Waals surface area contributed by atoms with Crippen molar-refractivity contribution >= 4 is 34.4 Å². The highest BCUT2D eigenvalue weighted by Crippen LogP contribution is 2.21. The normalized spacial score (nSPS) is 16.6. The molecule has 0 atom stereocenters. The van der Waals surface area contributed by atoms with Crippen LogP contribution in [0.5, 0.6) is 0 Å². The minimum atomic E-state index is 0.0300. The molecule has 1 aliphatic rings. The molecule has 5 nitrogen and oxygen atoms in total. The van der Waals surface area contributed by atoms with Crippen LogP contribution in [0.2, 0.25) is 0 Å². The number of fused-ring (bicyclic) bond motifs is 1. The van der Waals surface area contributed by atoms with Gasteiger partial charge in [0.1, 0.15) is 11.0 Å². The van der Waals surface area contributed by atoms with Gasteiger partial charge in [0.25, 0.3) is 0 Å². The van der Waals surface area contributed by atoms with Crippen LogP contribution in [0.4, 0.5) is 5.69 Å². The van der Waals surface area contributed by atoms with Crippen LogP contribution in [0.15, 0.2) is 18.2 Å². The van der Waals surface area contributed by atoms with Crippen molar-refractivity contribution in [1.29, 1.82) is 0 Å². The summed E-state index contributed by atoms with van der Waals surface area (Å²) in [4.78, 5) is 14.3. The molecule has 0 saturated carbocycles. The minimum Gasteiger partial charge on any atom is -0.323 e. The first kappa shape index (κ1) is 12.5. The fourth-order valence-electron chi connectivity index (χ4n) is 2.42. The van der Waals surface area contributed by atoms with E-state index in [1.165, 1.54) is 31.0 Å². The number of nitrogens with zero attached hydrogens (tertiary/aromatic N) is 3. The summed E-state index contributed by atoms with van der Waals surface area (Å²) in [6, 6.07) is 5.66. The molecular formula is C13H16N4OS. The van der Waals surface area contributed by atoms with Gasteiger partial charge >= 0.3 is 0 Å². The second kappa shape index (κ2) is 5.63. The van der Waals surface area contributed by atoms with E-state index in [0.29, 0.717) is 6.54 Å². The van der Waals surface area contributed by atoms with Crippen molar-refractivity contribution in [2.45, 2.75) is 19.3 Å². The Morgan fingerprint density at radius 3 is 2.95 bits per heavy atom. The van der Waals surface area contributed by atoms with Gasteiger partial charge in [-0.05, 0) is 38.1 Å². The number of carbonyl (C=O) groups excluding carboxylic acids is 1. The summed E-state index contributed by atoms with van der Waals surface area (Å²) in [7, 11) is 0. The van der Waals surface area contributed by atoms with Crippen LogP contribution in [-0.2, 0) is 4.79 Å². The van der Waals surface area contributed by atoms with Gasteiger partial charge in [-0.25, -0.2) is 0 Å². The third-order valence-corrected chi connectivity index (χ3v) is 3.92. The minimum absolute atomic E-state index is 0.0300. The van der Waals surface area contributed by atoms with E-state index >= 15 is 0 Å². The molecule has 1 aromatic heterocycles. The van der Waals surface area contributed by atoms with Crippen molar-refractivity contribution < 1.29 is 4.79 Å². The lowest BCUT2D eigenvalue weighted by molar-refractivity contribution is -0.117. The molecule has 2 aromatic rings. The number of rotatable bonds is 3. The standard InChI is InChI=1S/C13H16N4OS/c18-12(9-17-7-2-1-3-8-17)14-10-5-4-6-11-13(10)16-19-15-11/h4-6H,1-3,7-9H2,(H,14,18). The van der Waals surface area contributed by atoms with E-state index in [4.69, 9.17) is 0 Å². The van der Waals surface area contributed by atoms with E-state index in [2.05, 4.69) is 19.0 Å². The smallest absolute Gasteiger partial charge is 0.238 e. The van der Waals surface area contributed by atoms with Crippen molar-refractivity contribution in [2.75, 3.05) is 25.0 Å². The van der Waals surface area contributed by atoms with Gasteiger partial charge in [-0.3, -0.25) is 9.69 Å². The molecule has 19 heavy (non-hydrogen) atoms. The number of nitrogens with one attached hydrogen (secondary N) is 1. The van der Waals surface area contributed by atoms with Gasteiger partial charge in [0, 0.05) is 0 Å². The van der Waals surface area contributed by atoms with Gasteiger partial charge in [-0.15, -0.1) is 0 Å². The van der Waals surface area contributed by atoms with Gasteiger partial charge in [0.05, 0.1) is 24.0 Å². The summed E-state index contributed by atoms with van der Waals surface area (Å²) in [5.41, 5.74) is 2.37. The molecule has 1 N–H and O–H groups in total. The molecule has 0 aliphatic carbocycles. The maximum absolute atomic E-state index is 12.0. The Kier molecular flexibility index (Phi) is 3.70. The number of aromatic nitrogens is 2. The molecule has 0 unspecified atom stereocenters. The lowest BCUT2D eigenvalue weighted by atomic mass is 10.1. The molecule has 1 saturated heterocycles. The van der Waals surface area contributed by atoms with Gasteiger partial charge < -0.3 is 5.32 Å². The lowest BCUT2D eigenvalue weighted by Gasteiger charge is -2.25. The van der Waals surface area contributed by atoms with E-state index in [0.717, 1.165) is 29.8 Å². The van der Waals surface area contributed by atoms with E-state index < -0.39 is 0 Å². The zero-order valence-electron chi connectivity index (χ0n) is 10.6. The van der Waals surface area contributed by atoms with Crippen molar-refractivity contribution in [3.63, 3.8) is 0 Å². The number of anilines is 1. The fourth-order valence-corrected chi connectivity index (χ4v) is 2.97. The largest absolute Gasteiger partial charge is 0.323 e. The number of hydrogen-bond acceptors (Lipinski definition) is 5. The number of hydrogen-bond donors (Lipinski definition) is 1. The molecule has 3 rings (SSSR count). The summed E-state index contributed by atoms with van der Waals surface area (Å²) in [6.07, 6.45) is 3.67. The van der Waals surface area contributed by atoms with Crippen molar-refractivity contribution in [1.82, 2.24) is 13.6 Å². The summed E-state index contributed by atoms with van der Waals surface area (Å²) in [5.74, 6) is 0.0300. The molecule has 1 aromatic carbocycles. The summed E-state index contributed by atoms with van der Waals surface area (Å²) >= 11 is 1.17. The molecule has 100 valence electrons. The Balaban J connectivity index is 1.67. The molecule has 6 heteroatoms. The molecular weight excluding hydrogens is 260 g/mol. The van der Waals surface area contributed by atoms with E-state index in [9.17, 15) is 4.79 Å². The number of amides is 1. The second-order valence-corrected chi connectivity index (χ2v) is 5.35. The third-order valence-electron chi connectivity index (χ3n) is 3.38. The van der Waals surface area contributed by atoms with Gasteiger partial charge in [0.2, 0.25) is 5.91 Å². The highest BCUT2D eigenvalue weighted by Gasteiger charge is 2.15. The molecule has 0 radical (unpaired) electrons. The molecule has 1 fully saturated rings. The van der Waals surface area contributed by atoms with Gasteiger partial charge in [-0.2, -0.15) is 8.75 Å². The second-order valence-electron chi connectivity index (χ2n) is 4.82. The van der Waals surface area contributed by atoms with Gasteiger partial charge in [-0.1, -0.05) is 12.5 Å². The van der Waals surface area contributed by atoms with E-state index in [1.54, 1.807) is 0 Å². The average molecular weight is 276 g/mol. The number of carbonyl (C=O) groups is 1. The van der Waals surface area contributed by atoms with Gasteiger partial charge in [0.15, 0.2) is 0 Å². The summed E-state index contributed by atoms with van der Waals surface area (Å²) < 4.78 is 8.39. The molecule has 1 amide bonds. The molecule has 1 aliphatic heterocycles. The topological polar surface area (TPSA) is 58.1 Å². The quantitative estimate of drug-likeness (QED) is 0.933.